The molecule has 0 aliphatic rings. The van der Waals surface area contributed by atoms with E-state index in [9.17, 15) is 9.59 Å². The molecular formula is C17H20N4O4. The molecule has 0 unspecified atom stereocenters. The fourth-order valence-corrected chi connectivity index (χ4v) is 2.08. The smallest absolute Gasteiger partial charge is 0.273 e. The summed E-state index contributed by atoms with van der Waals surface area (Å²) in [5, 5.41) is 0. The molecule has 1 aromatic heterocycles. The van der Waals surface area contributed by atoms with Crippen LogP contribution in [0.4, 0.5) is 0 Å². The van der Waals surface area contributed by atoms with Gasteiger partial charge in [-0.1, -0.05) is 12.1 Å². The number of nitrogens with two attached hydrogens (primary N) is 1. The molecule has 25 heavy (non-hydrogen) atoms. The fourth-order valence-electron chi connectivity index (χ4n) is 2.08. The maximum absolute atomic E-state index is 12.2. The van der Waals surface area contributed by atoms with Crippen molar-refractivity contribution >= 4 is 11.8 Å². The number of hydrogen-bond donors (Lipinski definition) is 1. The number of amides is 2. The summed E-state index contributed by atoms with van der Waals surface area (Å²) < 4.78 is 10.9. The van der Waals surface area contributed by atoms with Crippen molar-refractivity contribution in [3.63, 3.8) is 0 Å². The first kappa shape index (κ1) is 18.2. The Morgan fingerprint density at radius 1 is 1.12 bits per heavy atom. The van der Waals surface area contributed by atoms with Gasteiger partial charge in [-0.2, -0.15) is 0 Å². The number of para-hydroxylation sites is 2. The first-order chi connectivity index (χ1) is 12.0. The summed E-state index contributed by atoms with van der Waals surface area (Å²) in [5.41, 5.74) is 5.26. The monoisotopic (exact) mass is 344 g/mol. The Bertz CT molecular complexity index is 734. The number of nitrogens with zero attached hydrogens (tertiary/aromatic N) is 3. The standard InChI is InChI=1S/C17H20N4O4/c1-21(17(23)13-11-19-12(10-20-13)16(18)22)8-5-9-25-15-7-4-3-6-14(15)24-2/h3-4,6-7,10-11H,5,8-9H2,1-2H3,(H2,18,22). The molecule has 0 fully saturated rings. The molecule has 2 rings (SSSR count). The van der Waals surface area contributed by atoms with Crippen LogP contribution < -0.4 is 15.2 Å². The van der Waals surface area contributed by atoms with Gasteiger partial charge < -0.3 is 20.1 Å². The third-order valence-corrected chi connectivity index (χ3v) is 3.43. The molecule has 2 amide bonds. The molecule has 0 spiro atoms. The van der Waals surface area contributed by atoms with Crippen molar-refractivity contribution in [2.45, 2.75) is 6.42 Å². The molecule has 132 valence electrons. The molecule has 2 N–H and O–H groups in total. The molecule has 0 radical (unpaired) electrons. The van der Waals surface area contributed by atoms with E-state index in [0.29, 0.717) is 31.1 Å². The highest BCUT2D eigenvalue weighted by Gasteiger charge is 2.14. The third kappa shape index (κ3) is 4.90. The summed E-state index contributed by atoms with van der Waals surface area (Å²) in [6.45, 7) is 0.914. The minimum Gasteiger partial charge on any atom is -0.493 e. The Balaban J connectivity index is 1.82. The molecular weight excluding hydrogens is 324 g/mol. The predicted molar refractivity (Wildman–Crippen MR) is 90.6 cm³/mol. The Kier molecular flexibility index (Phi) is 6.27. The van der Waals surface area contributed by atoms with Crippen molar-refractivity contribution in [1.82, 2.24) is 14.9 Å². The van der Waals surface area contributed by atoms with E-state index in [0.717, 1.165) is 0 Å². The van der Waals surface area contributed by atoms with Crippen LogP contribution in [0, 0.1) is 0 Å². The van der Waals surface area contributed by atoms with E-state index in [1.807, 2.05) is 24.3 Å². The lowest BCUT2D eigenvalue weighted by atomic mass is 10.3. The van der Waals surface area contributed by atoms with Crippen LogP contribution in [-0.2, 0) is 0 Å². The van der Waals surface area contributed by atoms with E-state index in [1.54, 1.807) is 14.2 Å². The van der Waals surface area contributed by atoms with Crippen molar-refractivity contribution < 1.29 is 19.1 Å². The molecule has 0 saturated carbocycles. The molecule has 1 heterocycles. The number of rotatable bonds is 8. The minimum atomic E-state index is -0.687. The topological polar surface area (TPSA) is 108 Å². The van der Waals surface area contributed by atoms with E-state index >= 15 is 0 Å². The minimum absolute atomic E-state index is 0.0180. The maximum atomic E-state index is 12.2. The predicted octanol–water partition coefficient (Wildman–Crippen LogP) is 1.13. The zero-order valence-electron chi connectivity index (χ0n) is 14.1. The van der Waals surface area contributed by atoms with Gasteiger partial charge in [-0.15, -0.1) is 0 Å². The molecule has 1 aromatic carbocycles. The van der Waals surface area contributed by atoms with Crippen molar-refractivity contribution in [1.29, 1.82) is 0 Å². The van der Waals surface area contributed by atoms with Gasteiger partial charge in [0.05, 0.1) is 26.1 Å². The van der Waals surface area contributed by atoms with Crippen molar-refractivity contribution in [3.05, 3.63) is 48.0 Å². The van der Waals surface area contributed by atoms with Gasteiger partial charge in [0.15, 0.2) is 11.5 Å². The summed E-state index contributed by atoms with van der Waals surface area (Å²) in [4.78, 5) is 32.4. The third-order valence-electron chi connectivity index (χ3n) is 3.43. The summed E-state index contributed by atoms with van der Waals surface area (Å²) in [6, 6.07) is 7.37. The molecule has 2 aromatic rings. The fraction of sp³-hybridized carbons (Fsp3) is 0.294. The van der Waals surface area contributed by atoms with Gasteiger partial charge in [0.1, 0.15) is 11.4 Å². The number of benzene rings is 1. The van der Waals surface area contributed by atoms with Crippen LogP contribution in [0.2, 0.25) is 0 Å². The second-order valence-corrected chi connectivity index (χ2v) is 5.23. The van der Waals surface area contributed by atoms with E-state index in [4.69, 9.17) is 15.2 Å². The second kappa shape index (κ2) is 8.62. The summed E-state index contributed by atoms with van der Waals surface area (Å²) in [6.07, 6.45) is 3.06. The van der Waals surface area contributed by atoms with Crippen LogP contribution in [-0.4, -0.2) is 54.0 Å². The number of carbonyl (C=O) groups excluding carboxylic acids is 2. The Morgan fingerprint density at radius 3 is 2.36 bits per heavy atom. The van der Waals surface area contributed by atoms with Crippen molar-refractivity contribution in [2.24, 2.45) is 5.73 Å². The quantitative estimate of drug-likeness (QED) is 0.719. The molecule has 8 heteroatoms. The lowest BCUT2D eigenvalue weighted by Gasteiger charge is -2.17. The molecule has 8 nitrogen and oxygen atoms in total. The summed E-state index contributed by atoms with van der Waals surface area (Å²) >= 11 is 0. The molecule has 0 atom stereocenters. The number of methoxy groups -OCH3 is 1. The van der Waals surface area contributed by atoms with Crippen LogP contribution in [0.25, 0.3) is 0 Å². The first-order valence-electron chi connectivity index (χ1n) is 7.66. The molecule has 0 saturated heterocycles. The van der Waals surface area contributed by atoms with Gasteiger partial charge >= 0.3 is 0 Å². The van der Waals surface area contributed by atoms with Crippen LogP contribution in [0.3, 0.4) is 0 Å². The van der Waals surface area contributed by atoms with E-state index in [1.165, 1.54) is 17.3 Å². The van der Waals surface area contributed by atoms with Gasteiger partial charge in [0, 0.05) is 13.6 Å². The summed E-state index contributed by atoms with van der Waals surface area (Å²) in [5.74, 6) is 0.345. The van der Waals surface area contributed by atoms with Gasteiger partial charge in [0.25, 0.3) is 11.8 Å². The maximum Gasteiger partial charge on any atom is 0.273 e. The van der Waals surface area contributed by atoms with Gasteiger partial charge in [-0.25, -0.2) is 9.97 Å². The number of aromatic nitrogens is 2. The lowest BCUT2D eigenvalue weighted by Crippen LogP contribution is -2.29. The van der Waals surface area contributed by atoms with E-state index in [2.05, 4.69) is 9.97 Å². The van der Waals surface area contributed by atoms with E-state index < -0.39 is 5.91 Å². The van der Waals surface area contributed by atoms with Gasteiger partial charge in [0.2, 0.25) is 0 Å². The van der Waals surface area contributed by atoms with Crippen molar-refractivity contribution in [2.75, 3.05) is 27.3 Å². The Hall–Kier alpha value is -3.16. The number of primary amides is 1. The lowest BCUT2D eigenvalue weighted by molar-refractivity contribution is 0.0780. The highest BCUT2D eigenvalue weighted by Crippen LogP contribution is 2.25. The average Bonchev–Trinajstić information content (AvgIpc) is 2.64. The number of carbonyl (C=O) groups is 2. The zero-order chi connectivity index (χ0) is 18.2. The first-order valence-corrected chi connectivity index (χ1v) is 7.66. The number of hydrogen-bond acceptors (Lipinski definition) is 6. The molecule has 0 bridgehead atoms. The largest absolute Gasteiger partial charge is 0.493 e. The SMILES string of the molecule is COc1ccccc1OCCCN(C)C(=O)c1cnc(C(N)=O)cn1. The molecule has 0 aliphatic carbocycles. The average molecular weight is 344 g/mol. The van der Waals surface area contributed by atoms with Crippen molar-refractivity contribution in [3.8, 4) is 11.5 Å². The van der Waals surface area contributed by atoms with Crippen LogP contribution in [0.5, 0.6) is 11.5 Å². The van der Waals surface area contributed by atoms with Gasteiger partial charge in [-0.05, 0) is 18.6 Å². The van der Waals surface area contributed by atoms with E-state index in [-0.39, 0.29) is 17.3 Å². The summed E-state index contributed by atoms with van der Waals surface area (Å²) in [7, 11) is 3.24. The Labute approximate surface area is 145 Å². The highest BCUT2D eigenvalue weighted by molar-refractivity contribution is 5.93. The highest BCUT2D eigenvalue weighted by atomic mass is 16.5. The van der Waals surface area contributed by atoms with Crippen LogP contribution in [0.1, 0.15) is 27.4 Å². The zero-order valence-corrected chi connectivity index (χ0v) is 14.1. The molecule has 0 aliphatic heterocycles. The van der Waals surface area contributed by atoms with Crippen LogP contribution in [0.15, 0.2) is 36.7 Å². The Morgan fingerprint density at radius 2 is 1.76 bits per heavy atom. The normalized spacial score (nSPS) is 10.2. The van der Waals surface area contributed by atoms with Gasteiger partial charge in [-0.3, -0.25) is 9.59 Å². The van der Waals surface area contributed by atoms with Crippen LogP contribution >= 0.6 is 0 Å². The number of ether oxygens (including phenoxy) is 2. The second-order valence-electron chi connectivity index (χ2n) is 5.23.